The number of halogens is 1. The summed E-state index contributed by atoms with van der Waals surface area (Å²) in [6.45, 7) is 3.31. The van der Waals surface area contributed by atoms with Crippen LogP contribution in [0, 0.1) is 0 Å². The molecule has 0 fully saturated rings. The molecule has 1 amide bonds. The minimum atomic E-state index is -1.25. The molecule has 2 rings (SSSR count). The van der Waals surface area contributed by atoms with Crippen LogP contribution < -0.4 is 4.74 Å². The van der Waals surface area contributed by atoms with Crippen LogP contribution in [0.2, 0.25) is 0 Å². The number of hydrogen-bond acceptors (Lipinski definition) is 7. The van der Waals surface area contributed by atoms with E-state index in [-0.39, 0.29) is 6.61 Å². The second-order valence-corrected chi connectivity index (χ2v) is 8.83. The van der Waals surface area contributed by atoms with Gasteiger partial charge in [-0.15, -0.1) is 0 Å². The number of hydrogen-bond donors (Lipinski definition) is 1. The van der Waals surface area contributed by atoms with E-state index in [1.807, 2.05) is 0 Å². The first-order chi connectivity index (χ1) is 14.8. The zero-order chi connectivity index (χ0) is 23.0. The van der Waals surface area contributed by atoms with Gasteiger partial charge in [-0.25, -0.2) is 14.7 Å². The largest absolute Gasteiger partial charge is 0.464 e. The summed E-state index contributed by atoms with van der Waals surface area (Å²) in [4.78, 5) is 36.4. The van der Waals surface area contributed by atoms with Crippen molar-refractivity contribution in [2.24, 2.45) is 0 Å². The third-order valence-corrected chi connectivity index (χ3v) is 5.76. The van der Waals surface area contributed by atoms with Crippen molar-refractivity contribution in [3.8, 4) is 5.75 Å². The molecule has 0 saturated heterocycles. The molecule has 0 aliphatic carbocycles. The molecule has 0 radical (unpaired) electrons. The van der Waals surface area contributed by atoms with Crippen LogP contribution in [-0.2, 0) is 14.3 Å². The number of carbonyl (C=O) groups is 3. The molecular formula is C22H24BrNO6S. The van der Waals surface area contributed by atoms with Crippen LogP contribution in [0.1, 0.15) is 35.0 Å². The molecule has 0 aromatic heterocycles. The lowest BCUT2D eigenvalue weighted by Gasteiger charge is -2.31. The van der Waals surface area contributed by atoms with E-state index in [0.29, 0.717) is 21.9 Å². The standard InChI is InChI=1S/C22H24BrNO6S/c1-4-29-22(27)18(24(28)20(25)14(2)23)19(31-3)15-10-12-17(13-11-15)30-21(26)16-8-6-5-7-9-16/h5-14,18-19,28H,4H2,1-3H3/t14-,18-,19-/m0/s1. The number of alkyl halides is 1. The highest BCUT2D eigenvalue weighted by Crippen LogP contribution is 2.35. The first-order valence-electron chi connectivity index (χ1n) is 9.52. The minimum absolute atomic E-state index is 0.108. The Morgan fingerprint density at radius 2 is 1.71 bits per heavy atom. The van der Waals surface area contributed by atoms with Crippen molar-refractivity contribution >= 4 is 45.5 Å². The van der Waals surface area contributed by atoms with Crippen LogP contribution in [0.5, 0.6) is 5.75 Å². The highest BCUT2D eigenvalue weighted by Gasteiger charge is 2.39. The number of ether oxygens (including phenoxy) is 2. The van der Waals surface area contributed by atoms with Gasteiger partial charge in [0.25, 0.3) is 5.91 Å². The molecule has 9 heteroatoms. The Kier molecular flexibility index (Phi) is 9.54. The predicted molar refractivity (Wildman–Crippen MR) is 122 cm³/mol. The van der Waals surface area contributed by atoms with E-state index in [1.165, 1.54) is 11.8 Å². The fourth-order valence-corrected chi connectivity index (χ4v) is 3.93. The molecule has 0 bridgehead atoms. The summed E-state index contributed by atoms with van der Waals surface area (Å²) in [5.74, 6) is -1.54. The first kappa shape index (κ1) is 24.9. The maximum atomic E-state index is 12.6. The highest BCUT2D eigenvalue weighted by atomic mass is 79.9. The monoisotopic (exact) mass is 509 g/mol. The highest BCUT2D eigenvalue weighted by molar-refractivity contribution is 9.10. The van der Waals surface area contributed by atoms with E-state index in [9.17, 15) is 19.6 Å². The summed E-state index contributed by atoms with van der Waals surface area (Å²) < 4.78 is 10.5. The molecule has 2 aromatic rings. The van der Waals surface area contributed by atoms with E-state index in [0.717, 1.165) is 0 Å². The molecule has 7 nitrogen and oxygen atoms in total. The Bertz CT molecular complexity index is 891. The summed E-state index contributed by atoms with van der Waals surface area (Å²) in [5, 5.41) is 10.3. The SMILES string of the molecule is CCOC(=O)[C@H]([C@@H](SC)c1ccc(OC(=O)c2ccccc2)cc1)N(O)C(=O)[C@H](C)Br. The number of benzene rings is 2. The maximum absolute atomic E-state index is 12.6. The number of rotatable bonds is 9. The van der Waals surface area contributed by atoms with Gasteiger partial charge in [-0.1, -0.05) is 46.3 Å². The van der Waals surface area contributed by atoms with E-state index in [4.69, 9.17) is 9.47 Å². The Labute approximate surface area is 193 Å². The number of hydroxylamine groups is 2. The normalized spacial score (nSPS) is 13.6. The van der Waals surface area contributed by atoms with Gasteiger partial charge in [0.2, 0.25) is 0 Å². The number of esters is 2. The number of thioether (sulfide) groups is 1. The van der Waals surface area contributed by atoms with Crippen molar-refractivity contribution in [3.63, 3.8) is 0 Å². The van der Waals surface area contributed by atoms with Gasteiger partial charge in [0, 0.05) is 0 Å². The molecule has 0 unspecified atom stereocenters. The van der Waals surface area contributed by atoms with Crippen LogP contribution in [0.4, 0.5) is 0 Å². The van der Waals surface area contributed by atoms with Gasteiger partial charge in [0.05, 0.1) is 22.2 Å². The first-order valence-corrected chi connectivity index (χ1v) is 11.7. The zero-order valence-electron chi connectivity index (χ0n) is 17.4. The zero-order valence-corrected chi connectivity index (χ0v) is 19.8. The molecule has 1 N–H and O–H groups in total. The van der Waals surface area contributed by atoms with Gasteiger partial charge >= 0.3 is 11.9 Å². The van der Waals surface area contributed by atoms with Crippen molar-refractivity contribution < 1.29 is 29.1 Å². The third-order valence-electron chi connectivity index (χ3n) is 4.33. The summed E-state index contributed by atoms with van der Waals surface area (Å²) in [6.07, 6.45) is 1.76. The smallest absolute Gasteiger partial charge is 0.343 e. The second kappa shape index (κ2) is 11.9. The van der Waals surface area contributed by atoms with Crippen molar-refractivity contribution in [3.05, 3.63) is 65.7 Å². The predicted octanol–water partition coefficient (Wildman–Crippen LogP) is 4.24. The van der Waals surface area contributed by atoms with E-state index in [2.05, 4.69) is 15.9 Å². The van der Waals surface area contributed by atoms with Crippen molar-refractivity contribution in [1.82, 2.24) is 5.06 Å². The van der Waals surface area contributed by atoms with Gasteiger partial charge in [0.15, 0.2) is 6.04 Å². The molecule has 2 aromatic carbocycles. The quantitative estimate of drug-likeness (QED) is 0.177. The average Bonchev–Trinajstić information content (AvgIpc) is 2.77. The fourth-order valence-electron chi connectivity index (χ4n) is 2.81. The average molecular weight is 510 g/mol. The molecule has 0 heterocycles. The van der Waals surface area contributed by atoms with E-state index < -0.39 is 34.0 Å². The molecule has 0 spiro atoms. The molecule has 3 atom stereocenters. The van der Waals surface area contributed by atoms with Gasteiger partial charge in [-0.3, -0.25) is 10.0 Å². The van der Waals surface area contributed by atoms with Crippen molar-refractivity contribution in [2.75, 3.05) is 12.9 Å². The van der Waals surface area contributed by atoms with Gasteiger partial charge < -0.3 is 9.47 Å². The Hall–Kier alpha value is -2.36. The number of amides is 1. The molecule has 31 heavy (non-hydrogen) atoms. The lowest BCUT2D eigenvalue weighted by molar-refractivity contribution is -0.187. The summed E-state index contributed by atoms with van der Waals surface area (Å²) in [5.41, 5.74) is 1.08. The van der Waals surface area contributed by atoms with E-state index in [1.54, 1.807) is 74.7 Å². The van der Waals surface area contributed by atoms with Crippen molar-refractivity contribution in [1.29, 1.82) is 0 Å². The maximum Gasteiger partial charge on any atom is 0.343 e. The topological polar surface area (TPSA) is 93.1 Å². The summed E-state index contributed by atoms with van der Waals surface area (Å²) in [6, 6.07) is 13.9. The minimum Gasteiger partial charge on any atom is -0.464 e. The van der Waals surface area contributed by atoms with Crippen LogP contribution in [0.25, 0.3) is 0 Å². The van der Waals surface area contributed by atoms with Gasteiger partial charge in [0.1, 0.15) is 5.75 Å². The molecule has 166 valence electrons. The van der Waals surface area contributed by atoms with Crippen LogP contribution >= 0.6 is 27.7 Å². The molecule has 0 aliphatic rings. The number of nitrogens with zero attached hydrogens (tertiary/aromatic N) is 1. The lowest BCUT2D eigenvalue weighted by atomic mass is 10.0. The van der Waals surface area contributed by atoms with E-state index >= 15 is 0 Å². The summed E-state index contributed by atoms with van der Waals surface area (Å²) in [7, 11) is 0. The summed E-state index contributed by atoms with van der Waals surface area (Å²) >= 11 is 4.40. The van der Waals surface area contributed by atoms with Crippen LogP contribution in [0.15, 0.2) is 54.6 Å². The number of carbonyl (C=O) groups excluding carboxylic acids is 3. The Morgan fingerprint density at radius 1 is 1.10 bits per heavy atom. The molecule has 0 aliphatic heterocycles. The van der Waals surface area contributed by atoms with Crippen LogP contribution in [-0.4, -0.2) is 51.8 Å². The van der Waals surface area contributed by atoms with Gasteiger partial charge in [-0.05, 0) is 49.9 Å². The fraction of sp³-hybridized carbons (Fsp3) is 0.318. The molecular weight excluding hydrogens is 486 g/mol. The van der Waals surface area contributed by atoms with Crippen molar-refractivity contribution in [2.45, 2.75) is 30.0 Å². The Morgan fingerprint density at radius 3 is 2.23 bits per heavy atom. The Balaban J connectivity index is 2.26. The lowest BCUT2D eigenvalue weighted by Crippen LogP contribution is -2.48. The van der Waals surface area contributed by atoms with Gasteiger partial charge in [-0.2, -0.15) is 11.8 Å². The second-order valence-electron chi connectivity index (χ2n) is 6.48. The van der Waals surface area contributed by atoms with Crippen LogP contribution in [0.3, 0.4) is 0 Å². The molecule has 0 saturated carbocycles. The third kappa shape index (κ3) is 6.56.